The van der Waals surface area contributed by atoms with Gasteiger partial charge in [0.15, 0.2) is 0 Å². The van der Waals surface area contributed by atoms with E-state index in [1.165, 1.54) is 0 Å². The first-order valence-corrected chi connectivity index (χ1v) is 7.65. The minimum absolute atomic E-state index is 0.389. The standard InChI is InChI=1S/C18H14N6/c1-2-24-12-14(11-21-24)16-4-3-15(10-19)22-18(16)13-5-7-23-8-6-20-17(23)9-13/h3-9,11-12H,2H2,1H3. The average molecular weight is 314 g/mol. The van der Waals surface area contributed by atoms with Crippen LogP contribution in [-0.2, 0) is 6.54 Å². The zero-order chi connectivity index (χ0) is 16.5. The van der Waals surface area contributed by atoms with Crippen molar-refractivity contribution in [3.63, 3.8) is 0 Å². The number of pyridine rings is 2. The van der Waals surface area contributed by atoms with Crippen LogP contribution >= 0.6 is 0 Å². The van der Waals surface area contributed by atoms with Crippen molar-refractivity contribution in [1.29, 1.82) is 5.26 Å². The largest absolute Gasteiger partial charge is 0.307 e. The summed E-state index contributed by atoms with van der Waals surface area (Å²) in [6, 6.07) is 9.72. The van der Waals surface area contributed by atoms with Crippen molar-refractivity contribution in [3.8, 4) is 28.5 Å². The van der Waals surface area contributed by atoms with Gasteiger partial charge in [0.25, 0.3) is 0 Å². The van der Waals surface area contributed by atoms with Gasteiger partial charge < -0.3 is 4.40 Å². The second-order valence-electron chi connectivity index (χ2n) is 5.40. The lowest BCUT2D eigenvalue weighted by Gasteiger charge is -2.08. The minimum atomic E-state index is 0.389. The van der Waals surface area contributed by atoms with Crippen molar-refractivity contribution in [2.75, 3.05) is 0 Å². The van der Waals surface area contributed by atoms with E-state index in [9.17, 15) is 5.26 Å². The van der Waals surface area contributed by atoms with Gasteiger partial charge in [-0.15, -0.1) is 0 Å². The molecule has 0 aliphatic rings. The lowest BCUT2D eigenvalue weighted by molar-refractivity contribution is 0.660. The Morgan fingerprint density at radius 3 is 2.88 bits per heavy atom. The molecule has 0 radical (unpaired) electrons. The first-order chi connectivity index (χ1) is 11.8. The molecule has 0 fully saturated rings. The van der Waals surface area contributed by atoms with Crippen LogP contribution < -0.4 is 0 Å². The fourth-order valence-corrected chi connectivity index (χ4v) is 2.71. The van der Waals surface area contributed by atoms with Gasteiger partial charge in [0.1, 0.15) is 17.4 Å². The Balaban J connectivity index is 1.93. The van der Waals surface area contributed by atoms with E-state index >= 15 is 0 Å². The van der Waals surface area contributed by atoms with Gasteiger partial charge >= 0.3 is 0 Å². The molecule has 0 amide bonds. The molecular formula is C18H14N6. The van der Waals surface area contributed by atoms with Crippen molar-refractivity contribution in [3.05, 3.63) is 60.9 Å². The maximum absolute atomic E-state index is 9.21. The molecule has 4 heterocycles. The summed E-state index contributed by atoms with van der Waals surface area (Å²) in [5, 5.41) is 13.5. The summed E-state index contributed by atoms with van der Waals surface area (Å²) >= 11 is 0. The van der Waals surface area contributed by atoms with Crippen molar-refractivity contribution in [2.45, 2.75) is 13.5 Å². The highest BCUT2D eigenvalue weighted by atomic mass is 15.3. The summed E-state index contributed by atoms with van der Waals surface area (Å²) in [6.45, 7) is 2.85. The van der Waals surface area contributed by atoms with E-state index in [0.29, 0.717) is 5.69 Å². The molecule has 0 atom stereocenters. The van der Waals surface area contributed by atoms with E-state index in [-0.39, 0.29) is 0 Å². The van der Waals surface area contributed by atoms with E-state index in [1.807, 2.05) is 59.0 Å². The summed E-state index contributed by atoms with van der Waals surface area (Å²) in [5.41, 5.74) is 4.84. The van der Waals surface area contributed by atoms with Gasteiger partial charge in [-0.1, -0.05) is 0 Å². The lowest BCUT2D eigenvalue weighted by atomic mass is 10.0. The molecule has 0 N–H and O–H groups in total. The average Bonchev–Trinajstić information content (AvgIpc) is 3.29. The van der Waals surface area contributed by atoms with Gasteiger partial charge in [-0.3, -0.25) is 4.68 Å². The van der Waals surface area contributed by atoms with Crippen LogP contribution in [0.5, 0.6) is 0 Å². The van der Waals surface area contributed by atoms with Crippen molar-refractivity contribution in [2.24, 2.45) is 0 Å². The third kappa shape index (κ3) is 2.32. The van der Waals surface area contributed by atoms with Crippen LogP contribution in [0.25, 0.3) is 28.0 Å². The van der Waals surface area contributed by atoms with E-state index in [0.717, 1.165) is 34.6 Å². The number of hydrogen-bond donors (Lipinski definition) is 0. The molecule has 0 aromatic carbocycles. The predicted molar refractivity (Wildman–Crippen MR) is 90.0 cm³/mol. The van der Waals surface area contributed by atoms with Crippen LogP contribution in [0.4, 0.5) is 0 Å². The molecule has 0 bridgehead atoms. The Kier molecular flexibility index (Phi) is 3.32. The van der Waals surface area contributed by atoms with E-state index < -0.39 is 0 Å². The van der Waals surface area contributed by atoms with E-state index in [2.05, 4.69) is 21.1 Å². The van der Waals surface area contributed by atoms with Crippen molar-refractivity contribution >= 4 is 5.65 Å². The van der Waals surface area contributed by atoms with Crippen LogP contribution in [0.1, 0.15) is 12.6 Å². The number of aryl methyl sites for hydroxylation is 1. The summed E-state index contributed by atoms with van der Waals surface area (Å²) in [7, 11) is 0. The molecule has 0 saturated carbocycles. The number of nitriles is 1. The van der Waals surface area contributed by atoms with Crippen LogP contribution in [0.2, 0.25) is 0 Å². The Hall–Kier alpha value is -3.46. The molecule has 0 spiro atoms. The third-order valence-corrected chi connectivity index (χ3v) is 3.95. The van der Waals surface area contributed by atoms with Crippen LogP contribution in [0, 0.1) is 11.3 Å². The molecule has 0 saturated heterocycles. The summed E-state index contributed by atoms with van der Waals surface area (Å²) in [5.74, 6) is 0. The minimum Gasteiger partial charge on any atom is -0.307 e. The highest BCUT2D eigenvalue weighted by molar-refractivity contribution is 5.81. The van der Waals surface area contributed by atoms with E-state index in [4.69, 9.17) is 0 Å². The normalized spacial score (nSPS) is 10.8. The molecule has 4 aromatic heterocycles. The van der Waals surface area contributed by atoms with Crippen LogP contribution in [0.3, 0.4) is 0 Å². The lowest BCUT2D eigenvalue weighted by Crippen LogP contribution is -1.94. The number of imidazole rings is 1. The molecule has 24 heavy (non-hydrogen) atoms. The fourth-order valence-electron chi connectivity index (χ4n) is 2.71. The number of nitrogens with zero attached hydrogens (tertiary/aromatic N) is 6. The van der Waals surface area contributed by atoms with Crippen LogP contribution in [0.15, 0.2) is 55.2 Å². The van der Waals surface area contributed by atoms with Gasteiger partial charge in [0, 0.05) is 48.0 Å². The molecule has 4 rings (SSSR count). The van der Waals surface area contributed by atoms with Gasteiger partial charge in [0.2, 0.25) is 0 Å². The molecule has 116 valence electrons. The smallest absolute Gasteiger partial charge is 0.141 e. The molecule has 4 aromatic rings. The second kappa shape index (κ2) is 5.63. The zero-order valence-corrected chi connectivity index (χ0v) is 13.1. The number of rotatable bonds is 3. The molecular weight excluding hydrogens is 300 g/mol. The van der Waals surface area contributed by atoms with E-state index in [1.54, 1.807) is 12.3 Å². The Bertz CT molecular complexity index is 1070. The third-order valence-electron chi connectivity index (χ3n) is 3.95. The fraction of sp³-hybridized carbons (Fsp3) is 0.111. The van der Waals surface area contributed by atoms with Gasteiger partial charge in [-0.05, 0) is 31.2 Å². The SMILES string of the molecule is CCn1cc(-c2ccc(C#N)nc2-c2ccn3ccnc3c2)cn1. The number of fused-ring (bicyclic) bond motifs is 1. The Labute approximate surface area is 138 Å². The summed E-state index contributed by atoms with van der Waals surface area (Å²) in [6.07, 6.45) is 9.40. The highest BCUT2D eigenvalue weighted by Crippen LogP contribution is 2.31. The number of aromatic nitrogens is 5. The number of hydrogen-bond acceptors (Lipinski definition) is 4. The summed E-state index contributed by atoms with van der Waals surface area (Å²) in [4.78, 5) is 8.85. The summed E-state index contributed by atoms with van der Waals surface area (Å²) < 4.78 is 3.81. The first kappa shape index (κ1) is 14.2. The second-order valence-corrected chi connectivity index (χ2v) is 5.40. The van der Waals surface area contributed by atoms with Crippen molar-refractivity contribution in [1.82, 2.24) is 24.1 Å². The predicted octanol–water partition coefficient (Wildman–Crippen LogP) is 3.15. The van der Waals surface area contributed by atoms with Crippen LogP contribution in [-0.4, -0.2) is 24.1 Å². The topological polar surface area (TPSA) is 71.8 Å². The maximum Gasteiger partial charge on any atom is 0.141 e. The maximum atomic E-state index is 9.21. The zero-order valence-electron chi connectivity index (χ0n) is 13.1. The van der Waals surface area contributed by atoms with Gasteiger partial charge in [-0.25, -0.2) is 9.97 Å². The molecule has 0 unspecified atom stereocenters. The molecule has 6 heteroatoms. The monoisotopic (exact) mass is 314 g/mol. The molecule has 0 aliphatic carbocycles. The quantitative estimate of drug-likeness (QED) is 0.582. The Morgan fingerprint density at radius 2 is 2.08 bits per heavy atom. The first-order valence-electron chi connectivity index (χ1n) is 7.65. The highest BCUT2D eigenvalue weighted by Gasteiger charge is 2.13. The van der Waals surface area contributed by atoms with Gasteiger partial charge in [-0.2, -0.15) is 10.4 Å². The molecule has 6 nitrogen and oxygen atoms in total. The Morgan fingerprint density at radius 1 is 1.17 bits per heavy atom. The van der Waals surface area contributed by atoms with Crippen molar-refractivity contribution < 1.29 is 0 Å². The van der Waals surface area contributed by atoms with Gasteiger partial charge in [0.05, 0.1) is 11.9 Å². The molecule has 0 aliphatic heterocycles.